The lowest BCUT2D eigenvalue weighted by atomic mass is 9.61. The van der Waals surface area contributed by atoms with E-state index in [9.17, 15) is 0 Å². The Bertz CT molecular complexity index is 278. The molecule has 19 heavy (non-hydrogen) atoms. The van der Waals surface area contributed by atoms with Crippen molar-refractivity contribution in [2.75, 3.05) is 0 Å². The first kappa shape index (κ1) is 15.4. The topological polar surface area (TPSA) is 0 Å². The molecule has 0 aromatic heterocycles. The van der Waals surface area contributed by atoms with Gasteiger partial charge in [0.05, 0.1) is 0 Å². The Labute approximate surface area is 121 Å². The second-order valence-corrected chi connectivity index (χ2v) is 8.95. The van der Waals surface area contributed by atoms with Crippen molar-refractivity contribution in [2.45, 2.75) is 74.1 Å². The lowest BCUT2D eigenvalue weighted by Gasteiger charge is -2.44. The fourth-order valence-corrected chi connectivity index (χ4v) is 5.71. The van der Waals surface area contributed by atoms with Crippen LogP contribution in [0.1, 0.15) is 74.1 Å². The molecular weight excluding hydrogens is 228 g/mol. The molecule has 2 saturated carbocycles. The maximum Gasteiger partial charge on any atom is -0.0303 e. The molecule has 112 valence electrons. The van der Waals surface area contributed by atoms with Crippen LogP contribution in [0.3, 0.4) is 0 Å². The molecule has 0 aromatic rings. The molecule has 0 N–H and O–H groups in total. The van der Waals surface area contributed by atoms with E-state index in [0.29, 0.717) is 5.41 Å². The second kappa shape index (κ2) is 5.41. The van der Waals surface area contributed by atoms with Crippen LogP contribution in [0.5, 0.6) is 0 Å². The van der Waals surface area contributed by atoms with Crippen molar-refractivity contribution in [1.82, 2.24) is 0 Å². The maximum absolute atomic E-state index is 2.54. The first-order valence-electron chi connectivity index (χ1n) is 8.75. The zero-order valence-corrected chi connectivity index (χ0v) is 14.4. The minimum Gasteiger partial charge on any atom is -0.0620 e. The number of hydrogen-bond donors (Lipinski definition) is 0. The molecule has 0 spiro atoms. The van der Waals surface area contributed by atoms with Gasteiger partial charge in [0.25, 0.3) is 0 Å². The Kier molecular flexibility index (Phi) is 4.38. The highest BCUT2D eigenvalue weighted by Crippen LogP contribution is 2.56. The monoisotopic (exact) mass is 264 g/mol. The maximum atomic E-state index is 2.54. The Morgan fingerprint density at radius 2 is 1.16 bits per heavy atom. The van der Waals surface area contributed by atoms with Crippen molar-refractivity contribution < 1.29 is 0 Å². The quantitative estimate of drug-likeness (QED) is 0.572. The van der Waals surface area contributed by atoms with Crippen molar-refractivity contribution in [3.63, 3.8) is 0 Å². The van der Waals surface area contributed by atoms with Crippen LogP contribution in [0, 0.1) is 46.8 Å². The van der Waals surface area contributed by atoms with E-state index in [2.05, 4.69) is 48.5 Å². The minimum absolute atomic E-state index is 0.478. The van der Waals surface area contributed by atoms with E-state index in [1.807, 2.05) is 0 Å². The predicted octanol–water partition coefficient (Wildman–Crippen LogP) is 6.01. The molecule has 0 amide bonds. The van der Waals surface area contributed by atoms with Crippen LogP contribution >= 0.6 is 0 Å². The van der Waals surface area contributed by atoms with Crippen LogP contribution in [-0.2, 0) is 0 Å². The molecule has 0 aromatic carbocycles. The molecule has 5 atom stereocenters. The zero-order valence-electron chi connectivity index (χ0n) is 14.4. The van der Waals surface area contributed by atoms with Gasteiger partial charge in [-0.15, -0.1) is 0 Å². The third-order valence-electron chi connectivity index (χ3n) is 7.02. The normalized spacial score (nSPS) is 42.8. The average Bonchev–Trinajstić information content (AvgIpc) is 2.88. The Morgan fingerprint density at radius 3 is 1.53 bits per heavy atom. The molecule has 2 aliphatic carbocycles. The minimum atomic E-state index is 0.478. The first-order chi connectivity index (χ1) is 8.75. The molecule has 0 radical (unpaired) electrons. The van der Waals surface area contributed by atoms with Gasteiger partial charge in [-0.25, -0.2) is 0 Å². The van der Waals surface area contributed by atoms with Crippen molar-refractivity contribution in [2.24, 2.45) is 46.8 Å². The van der Waals surface area contributed by atoms with Gasteiger partial charge in [0.1, 0.15) is 0 Å². The summed E-state index contributed by atoms with van der Waals surface area (Å²) in [5, 5.41) is 0. The van der Waals surface area contributed by atoms with E-state index < -0.39 is 0 Å². The van der Waals surface area contributed by atoms with E-state index in [4.69, 9.17) is 0 Å². The highest BCUT2D eigenvalue weighted by molar-refractivity contribution is 4.98. The van der Waals surface area contributed by atoms with Gasteiger partial charge in [0.2, 0.25) is 0 Å². The molecule has 0 heteroatoms. The van der Waals surface area contributed by atoms with E-state index in [-0.39, 0.29) is 0 Å². The van der Waals surface area contributed by atoms with Gasteiger partial charge in [0, 0.05) is 0 Å². The van der Waals surface area contributed by atoms with Crippen molar-refractivity contribution in [1.29, 1.82) is 0 Å². The highest BCUT2D eigenvalue weighted by atomic mass is 14.5. The lowest BCUT2D eigenvalue weighted by molar-refractivity contribution is 0.0456. The Balaban J connectivity index is 2.28. The summed E-state index contributed by atoms with van der Waals surface area (Å²) in [6.45, 7) is 17.6. The van der Waals surface area contributed by atoms with Gasteiger partial charge < -0.3 is 0 Å². The lowest BCUT2D eigenvalue weighted by Crippen LogP contribution is -2.38. The predicted molar refractivity (Wildman–Crippen MR) is 85.0 cm³/mol. The fourth-order valence-electron chi connectivity index (χ4n) is 5.71. The molecule has 0 saturated heterocycles. The van der Waals surface area contributed by atoms with Crippen LogP contribution in [0.2, 0.25) is 0 Å². The molecule has 2 fully saturated rings. The summed E-state index contributed by atoms with van der Waals surface area (Å²) in [6.07, 6.45) is 5.97. The molecule has 0 bridgehead atoms. The van der Waals surface area contributed by atoms with Crippen LogP contribution in [-0.4, -0.2) is 0 Å². The third kappa shape index (κ3) is 2.74. The van der Waals surface area contributed by atoms with Gasteiger partial charge in [-0.1, -0.05) is 74.1 Å². The highest BCUT2D eigenvalue weighted by Gasteiger charge is 2.50. The van der Waals surface area contributed by atoms with E-state index in [1.165, 1.54) is 25.7 Å². The first-order valence-corrected chi connectivity index (χ1v) is 8.75. The molecule has 0 aliphatic heterocycles. The molecule has 0 heterocycles. The Morgan fingerprint density at radius 1 is 0.737 bits per heavy atom. The van der Waals surface area contributed by atoms with Gasteiger partial charge in [0.15, 0.2) is 0 Å². The van der Waals surface area contributed by atoms with Crippen molar-refractivity contribution >= 4 is 0 Å². The van der Waals surface area contributed by atoms with Gasteiger partial charge in [-0.2, -0.15) is 0 Å². The van der Waals surface area contributed by atoms with Gasteiger partial charge in [-0.05, 0) is 46.8 Å². The molecular formula is C19H36. The summed E-state index contributed by atoms with van der Waals surface area (Å²) in [7, 11) is 0. The number of rotatable bonds is 2. The number of hydrogen-bond acceptors (Lipinski definition) is 0. The second-order valence-electron chi connectivity index (χ2n) is 8.95. The van der Waals surface area contributed by atoms with Crippen LogP contribution in [0.25, 0.3) is 0 Å². The summed E-state index contributed by atoms with van der Waals surface area (Å²) in [5.41, 5.74) is 0.478. The van der Waals surface area contributed by atoms with Crippen LogP contribution in [0.15, 0.2) is 0 Å². The van der Waals surface area contributed by atoms with Crippen LogP contribution in [0.4, 0.5) is 0 Å². The standard InChI is InChI=1S/C19H36/c1-12-13(2)15(4)17(14(12)3)18(19(5,6)7)16-10-8-9-11-16/h12-18H,8-11H2,1-7H3. The SMILES string of the molecule is CC1C(C)C(C)C(C(C2CCCC2)C(C)(C)C)C1C. The average molecular weight is 264 g/mol. The Hall–Kier alpha value is 0. The molecule has 2 aliphatic rings. The van der Waals surface area contributed by atoms with Gasteiger partial charge in [-0.3, -0.25) is 0 Å². The summed E-state index contributed by atoms with van der Waals surface area (Å²) < 4.78 is 0. The molecule has 5 unspecified atom stereocenters. The van der Waals surface area contributed by atoms with Crippen molar-refractivity contribution in [3.05, 3.63) is 0 Å². The summed E-state index contributed by atoms with van der Waals surface area (Å²) in [4.78, 5) is 0. The smallest absolute Gasteiger partial charge is 0.0303 e. The van der Waals surface area contributed by atoms with Crippen molar-refractivity contribution in [3.8, 4) is 0 Å². The largest absolute Gasteiger partial charge is 0.0620 e. The molecule has 2 rings (SSSR count). The van der Waals surface area contributed by atoms with Crippen LogP contribution < -0.4 is 0 Å². The third-order valence-corrected chi connectivity index (χ3v) is 7.02. The summed E-state index contributed by atoms with van der Waals surface area (Å²) in [6, 6.07) is 0. The summed E-state index contributed by atoms with van der Waals surface area (Å²) >= 11 is 0. The van der Waals surface area contributed by atoms with E-state index in [0.717, 1.165) is 41.4 Å². The van der Waals surface area contributed by atoms with E-state index >= 15 is 0 Å². The summed E-state index contributed by atoms with van der Waals surface area (Å²) in [5.74, 6) is 6.54. The fraction of sp³-hybridized carbons (Fsp3) is 1.00. The van der Waals surface area contributed by atoms with E-state index in [1.54, 1.807) is 0 Å². The zero-order chi connectivity index (χ0) is 14.4. The molecule has 0 nitrogen and oxygen atoms in total. The van der Waals surface area contributed by atoms with Gasteiger partial charge >= 0.3 is 0 Å².